The van der Waals surface area contributed by atoms with Crippen LogP contribution in [-0.4, -0.2) is 49.8 Å². The number of likely N-dealkylation sites (N-methyl/N-ethyl adjacent to an activating group) is 1. The lowest BCUT2D eigenvalue weighted by molar-refractivity contribution is -0.114. The Morgan fingerprint density at radius 2 is 2.12 bits per heavy atom. The van der Waals surface area contributed by atoms with Crippen molar-refractivity contribution in [3.05, 3.63) is 83.1 Å². The van der Waals surface area contributed by atoms with E-state index in [1.165, 1.54) is 0 Å². The summed E-state index contributed by atoms with van der Waals surface area (Å²) in [6.45, 7) is 15.0. The lowest BCUT2D eigenvalue weighted by Gasteiger charge is -2.30. The van der Waals surface area contributed by atoms with Crippen LogP contribution in [0, 0.1) is 11.8 Å². The summed E-state index contributed by atoms with van der Waals surface area (Å²) in [5.41, 5.74) is 5.37. The normalized spacial score (nSPS) is 23.5. The first-order chi connectivity index (χ1) is 20.3. The Labute approximate surface area is 250 Å². The fraction of sp³-hybridized carbons (Fsp3) is 0.441. The highest BCUT2D eigenvalue weighted by atomic mass is 16.5. The van der Waals surface area contributed by atoms with Gasteiger partial charge in [-0.25, -0.2) is 0 Å². The number of carbonyl (C=O) groups is 2. The minimum absolute atomic E-state index is 0.197. The number of unbranched alkanes of at least 4 members (excludes halogenated alkanes) is 1. The van der Waals surface area contributed by atoms with Crippen LogP contribution in [-0.2, 0) is 9.53 Å². The average Bonchev–Trinajstić information content (AvgIpc) is 3.31. The van der Waals surface area contributed by atoms with Crippen LogP contribution in [0.3, 0.4) is 0 Å². The van der Waals surface area contributed by atoms with Crippen LogP contribution in [0.2, 0.25) is 0 Å². The van der Waals surface area contributed by atoms with E-state index in [4.69, 9.17) is 4.74 Å². The standard InChI is InChI=1S/C34H45N5O3/c1-7-9-10-15-38-21-27-18-28(25(38)5)29(19-35-6)32(24(4)8-2)42-16-11-12-23(3)20-39-31-17-26(22-40)13-14-30(31)36-34(39)37-33(27)41/h10,13-15,17-18,21-24,35H,5,7-9,11-12,16,19-20H2,1-4,6H3,(H,36,37,41)/b15-10-,32-29-. The molecule has 0 saturated heterocycles. The summed E-state index contributed by atoms with van der Waals surface area (Å²) in [4.78, 5) is 34.0. The molecule has 0 aromatic heterocycles. The molecule has 0 saturated carbocycles. The number of nitrogens with one attached hydrogen (secondary N) is 2. The molecular weight excluding hydrogens is 526 g/mol. The van der Waals surface area contributed by atoms with Crippen molar-refractivity contribution in [1.29, 1.82) is 0 Å². The van der Waals surface area contributed by atoms with Gasteiger partial charge in [-0.05, 0) is 62.9 Å². The van der Waals surface area contributed by atoms with E-state index in [0.717, 1.165) is 72.4 Å². The van der Waals surface area contributed by atoms with Gasteiger partial charge in [0, 0.05) is 53.8 Å². The van der Waals surface area contributed by atoms with Crippen molar-refractivity contribution in [3.63, 3.8) is 0 Å². The molecule has 42 heavy (non-hydrogen) atoms. The first kappa shape index (κ1) is 31.0. The third-order valence-electron chi connectivity index (χ3n) is 7.96. The molecule has 0 radical (unpaired) electrons. The van der Waals surface area contributed by atoms with Crippen molar-refractivity contribution in [1.82, 2.24) is 10.2 Å². The number of benzene rings is 1. The summed E-state index contributed by atoms with van der Waals surface area (Å²) in [6, 6.07) is 5.48. The van der Waals surface area contributed by atoms with Gasteiger partial charge in [-0.2, -0.15) is 4.99 Å². The van der Waals surface area contributed by atoms with E-state index < -0.39 is 0 Å². The van der Waals surface area contributed by atoms with Crippen LogP contribution in [0.4, 0.5) is 11.4 Å². The molecule has 8 nitrogen and oxygen atoms in total. The van der Waals surface area contributed by atoms with Crippen LogP contribution in [0.25, 0.3) is 0 Å². The third kappa shape index (κ3) is 6.93. The predicted octanol–water partition coefficient (Wildman–Crippen LogP) is 6.53. The molecule has 2 unspecified atom stereocenters. The minimum Gasteiger partial charge on any atom is -0.497 e. The number of fused-ring (bicyclic) bond motifs is 4. The van der Waals surface area contributed by atoms with Gasteiger partial charge >= 0.3 is 0 Å². The van der Waals surface area contributed by atoms with E-state index in [-0.39, 0.29) is 17.7 Å². The first-order valence-electron chi connectivity index (χ1n) is 15.2. The summed E-state index contributed by atoms with van der Waals surface area (Å²) in [5, 5.41) is 6.65. The molecule has 1 aromatic rings. The van der Waals surface area contributed by atoms with Gasteiger partial charge in [-0.15, -0.1) is 0 Å². The van der Waals surface area contributed by atoms with Gasteiger partial charge in [-0.1, -0.05) is 46.8 Å². The lowest BCUT2D eigenvalue weighted by Crippen LogP contribution is -2.35. The van der Waals surface area contributed by atoms with Gasteiger partial charge in [0.2, 0.25) is 5.96 Å². The molecule has 0 spiro atoms. The molecule has 1 amide bonds. The Balaban J connectivity index is 1.87. The second-order valence-electron chi connectivity index (χ2n) is 11.3. The van der Waals surface area contributed by atoms with Gasteiger partial charge in [0.05, 0.1) is 23.6 Å². The fourth-order valence-corrected chi connectivity index (χ4v) is 5.42. The van der Waals surface area contributed by atoms with Crippen molar-refractivity contribution >= 4 is 29.5 Å². The Morgan fingerprint density at radius 3 is 2.83 bits per heavy atom. The van der Waals surface area contributed by atoms with Gasteiger partial charge in [0.1, 0.15) is 12.0 Å². The highest BCUT2D eigenvalue weighted by Crippen LogP contribution is 2.36. The fourth-order valence-electron chi connectivity index (χ4n) is 5.42. The topological polar surface area (TPSA) is 86.3 Å². The van der Waals surface area contributed by atoms with Crippen molar-refractivity contribution in [2.75, 3.05) is 37.0 Å². The highest BCUT2D eigenvalue weighted by molar-refractivity contribution is 6.19. The second kappa shape index (κ2) is 14.3. The van der Waals surface area contributed by atoms with Crippen molar-refractivity contribution in [3.8, 4) is 0 Å². The van der Waals surface area contributed by atoms with Gasteiger partial charge in [0.25, 0.3) is 5.91 Å². The molecule has 3 heterocycles. The summed E-state index contributed by atoms with van der Waals surface area (Å²) in [5.74, 6) is 1.54. The number of carbonyl (C=O) groups excluding carboxylic acids is 2. The molecular formula is C34H45N5O3. The van der Waals surface area contributed by atoms with E-state index in [0.29, 0.717) is 36.8 Å². The molecule has 2 bridgehead atoms. The Bertz CT molecular complexity index is 1350. The first-order valence-corrected chi connectivity index (χ1v) is 15.2. The number of aldehydes is 1. The van der Waals surface area contributed by atoms with Gasteiger partial charge in [0.15, 0.2) is 0 Å². The number of aliphatic imine (C=N–C) groups is 1. The number of guanidine groups is 1. The number of anilines is 2. The number of amides is 1. The zero-order chi connectivity index (χ0) is 30.2. The van der Waals surface area contributed by atoms with Crippen LogP contribution >= 0.6 is 0 Å². The molecule has 4 rings (SSSR count). The monoisotopic (exact) mass is 571 g/mol. The molecule has 0 aliphatic carbocycles. The quantitative estimate of drug-likeness (QED) is 0.343. The number of allylic oxidation sites excluding steroid dienone is 3. The van der Waals surface area contributed by atoms with E-state index in [9.17, 15) is 9.59 Å². The van der Waals surface area contributed by atoms with Crippen LogP contribution < -0.4 is 15.5 Å². The molecule has 224 valence electrons. The molecule has 2 atom stereocenters. The third-order valence-corrected chi connectivity index (χ3v) is 7.96. The second-order valence-corrected chi connectivity index (χ2v) is 11.3. The van der Waals surface area contributed by atoms with Crippen molar-refractivity contribution in [2.24, 2.45) is 16.8 Å². The van der Waals surface area contributed by atoms with E-state index in [2.05, 4.69) is 56.0 Å². The number of ether oxygens (including phenoxy) is 1. The van der Waals surface area contributed by atoms with Gasteiger partial charge in [-0.3, -0.25) is 9.59 Å². The zero-order valence-electron chi connectivity index (χ0n) is 25.7. The van der Waals surface area contributed by atoms with Crippen molar-refractivity contribution < 1.29 is 14.3 Å². The number of nitrogens with zero attached hydrogens (tertiary/aromatic N) is 3. The Hall–Kier alpha value is -3.91. The SMILES string of the molecule is C=C1C2=CC(=CN1/C=C\CCC)C(=O)/N=C1\Nc3ccc(C=O)cc3N1CC(C)CCCO/C(C(C)CC)=C\2CNC. The lowest BCUT2D eigenvalue weighted by atomic mass is 9.91. The van der Waals surface area contributed by atoms with Crippen LogP contribution in [0.1, 0.15) is 70.2 Å². The molecule has 8 heteroatoms. The largest absolute Gasteiger partial charge is 0.497 e. The van der Waals surface area contributed by atoms with Crippen molar-refractivity contribution in [2.45, 2.75) is 59.8 Å². The Morgan fingerprint density at radius 1 is 1.31 bits per heavy atom. The molecule has 3 aliphatic rings. The summed E-state index contributed by atoms with van der Waals surface area (Å²) >= 11 is 0. The minimum atomic E-state index is -0.359. The highest BCUT2D eigenvalue weighted by Gasteiger charge is 2.30. The maximum absolute atomic E-state index is 13.9. The molecule has 2 N–H and O–H groups in total. The maximum atomic E-state index is 13.9. The molecule has 0 fully saturated rings. The van der Waals surface area contributed by atoms with Crippen LogP contribution in [0.15, 0.2) is 82.5 Å². The summed E-state index contributed by atoms with van der Waals surface area (Å²) < 4.78 is 6.58. The van der Waals surface area contributed by atoms with E-state index in [1.807, 2.05) is 47.5 Å². The summed E-state index contributed by atoms with van der Waals surface area (Å²) in [7, 11) is 1.92. The van der Waals surface area contributed by atoms with E-state index >= 15 is 0 Å². The zero-order valence-corrected chi connectivity index (χ0v) is 25.7. The summed E-state index contributed by atoms with van der Waals surface area (Å²) in [6.07, 6.45) is 13.3. The molecule has 1 aromatic carbocycles. The van der Waals surface area contributed by atoms with Crippen LogP contribution in [0.5, 0.6) is 0 Å². The maximum Gasteiger partial charge on any atom is 0.281 e. The molecule has 3 aliphatic heterocycles. The smallest absolute Gasteiger partial charge is 0.281 e. The predicted molar refractivity (Wildman–Crippen MR) is 171 cm³/mol. The number of rotatable bonds is 8. The van der Waals surface area contributed by atoms with E-state index in [1.54, 1.807) is 6.07 Å². The van der Waals surface area contributed by atoms with Gasteiger partial charge < -0.3 is 25.2 Å². The number of hydrogen-bond donors (Lipinski definition) is 2. The number of hydrogen-bond acceptors (Lipinski definition) is 7. The average molecular weight is 572 g/mol. The Kier molecular flexibility index (Phi) is 10.6.